The van der Waals surface area contributed by atoms with Crippen LogP contribution >= 0.6 is 11.3 Å². The second-order valence-electron chi connectivity index (χ2n) is 6.05. The zero-order chi connectivity index (χ0) is 15.0. The average Bonchev–Trinajstić information content (AvgIpc) is 3.12. The number of carbonyl (C=O) groups is 2. The van der Waals surface area contributed by atoms with Crippen molar-refractivity contribution < 1.29 is 9.59 Å². The van der Waals surface area contributed by atoms with Crippen LogP contribution in [0.4, 0.5) is 0 Å². The topological polar surface area (TPSA) is 53.5 Å². The first-order valence-corrected chi connectivity index (χ1v) is 8.37. The van der Waals surface area contributed by atoms with Gasteiger partial charge in [0.05, 0.1) is 17.1 Å². The third kappa shape index (κ3) is 3.10. The number of amides is 2. The average molecular weight is 307 g/mol. The van der Waals surface area contributed by atoms with E-state index in [2.05, 4.69) is 4.98 Å². The van der Waals surface area contributed by atoms with Crippen LogP contribution in [0.1, 0.15) is 29.8 Å². The van der Waals surface area contributed by atoms with Gasteiger partial charge in [0.25, 0.3) is 0 Å². The van der Waals surface area contributed by atoms with Crippen LogP contribution < -0.4 is 0 Å². The number of nitrogens with zero attached hydrogens (tertiary/aromatic N) is 3. The van der Waals surface area contributed by atoms with Crippen LogP contribution in [0.3, 0.4) is 0 Å². The number of hydrogen-bond donors (Lipinski definition) is 0. The van der Waals surface area contributed by atoms with Gasteiger partial charge in [-0.1, -0.05) is 0 Å². The Morgan fingerprint density at radius 2 is 2.29 bits per heavy atom. The van der Waals surface area contributed by atoms with E-state index in [4.69, 9.17) is 0 Å². The third-order valence-electron chi connectivity index (χ3n) is 4.39. The van der Waals surface area contributed by atoms with Gasteiger partial charge in [-0.3, -0.25) is 9.59 Å². The van der Waals surface area contributed by atoms with E-state index in [1.54, 1.807) is 16.2 Å². The van der Waals surface area contributed by atoms with Crippen molar-refractivity contribution >= 4 is 23.2 Å². The summed E-state index contributed by atoms with van der Waals surface area (Å²) >= 11 is 1.64. The number of aryl methyl sites for hydroxylation is 1. The number of thiazole rings is 1. The molecule has 1 unspecified atom stereocenters. The molecule has 1 saturated heterocycles. The summed E-state index contributed by atoms with van der Waals surface area (Å²) in [6.45, 7) is 3.30. The predicted molar refractivity (Wildman–Crippen MR) is 81.0 cm³/mol. The number of rotatable bonds is 5. The van der Waals surface area contributed by atoms with Gasteiger partial charge < -0.3 is 9.80 Å². The van der Waals surface area contributed by atoms with Crippen LogP contribution in [0.5, 0.6) is 0 Å². The summed E-state index contributed by atoms with van der Waals surface area (Å²) in [7, 11) is 1.84. The van der Waals surface area contributed by atoms with Crippen molar-refractivity contribution in [3.63, 3.8) is 0 Å². The molecule has 1 aliphatic carbocycles. The van der Waals surface area contributed by atoms with Gasteiger partial charge in [-0.15, -0.1) is 11.3 Å². The Kier molecular flexibility index (Phi) is 3.97. The molecule has 6 heteroatoms. The fourth-order valence-corrected chi connectivity index (χ4v) is 3.66. The minimum atomic E-state index is -0.148. The molecule has 114 valence electrons. The first-order valence-electron chi connectivity index (χ1n) is 7.49. The maximum Gasteiger partial charge on any atom is 0.227 e. The standard InChI is InChI=1S/C15H21N3O2S/c1-10-13(21-9-16-10)5-6-17(2)15(20)11-7-14(19)18(8-11)12-3-4-12/h9,11-12H,3-8H2,1-2H3. The zero-order valence-corrected chi connectivity index (χ0v) is 13.4. The summed E-state index contributed by atoms with van der Waals surface area (Å²) in [4.78, 5) is 33.5. The summed E-state index contributed by atoms with van der Waals surface area (Å²) in [5.74, 6) is 0.113. The van der Waals surface area contributed by atoms with Crippen LogP contribution in [-0.2, 0) is 16.0 Å². The zero-order valence-electron chi connectivity index (χ0n) is 12.5. The van der Waals surface area contributed by atoms with E-state index in [0.717, 1.165) is 25.0 Å². The molecule has 2 heterocycles. The fourth-order valence-electron chi connectivity index (χ4n) is 2.89. The third-order valence-corrected chi connectivity index (χ3v) is 5.39. The monoisotopic (exact) mass is 307 g/mol. The molecule has 21 heavy (non-hydrogen) atoms. The molecule has 1 aromatic heterocycles. The highest BCUT2D eigenvalue weighted by atomic mass is 32.1. The summed E-state index contributed by atoms with van der Waals surface area (Å²) in [6.07, 6.45) is 3.44. The van der Waals surface area contributed by atoms with Crippen LogP contribution in [0, 0.1) is 12.8 Å². The van der Waals surface area contributed by atoms with E-state index >= 15 is 0 Å². The molecule has 3 rings (SSSR count). The number of aromatic nitrogens is 1. The Morgan fingerprint density at radius 3 is 2.90 bits per heavy atom. The summed E-state index contributed by atoms with van der Waals surface area (Å²) in [5, 5.41) is 0. The largest absolute Gasteiger partial charge is 0.345 e. The molecule has 0 bridgehead atoms. The van der Waals surface area contributed by atoms with Gasteiger partial charge in [0.2, 0.25) is 11.8 Å². The number of hydrogen-bond acceptors (Lipinski definition) is 4. The van der Waals surface area contributed by atoms with Crippen molar-refractivity contribution in [2.24, 2.45) is 5.92 Å². The molecule has 0 spiro atoms. The Hall–Kier alpha value is -1.43. The van der Waals surface area contributed by atoms with E-state index in [-0.39, 0.29) is 17.7 Å². The molecule has 2 amide bonds. The predicted octanol–water partition coefficient (Wildman–Crippen LogP) is 1.46. The Bertz CT molecular complexity index is 553. The van der Waals surface area contributed by atoms with Crippen LogP contribution in [0.25, 0.3) is 0 Å². The van der Waals surface area contributed by atoms with Crippen molar-refractivity contribution in [3.8, 4) is 0 Å². The highest BCUT2D eigenvalue weighted by Crippen LogP contribution is 2.33. The number of likely N-dealkylation sites (N-methyl/N-ethyl adjacent to an activating group) is 1. The Balaban J connectivity index is 1.52. The highest BCUT2D eigenvalue weighted by Gasteiger charge is 2.42. The molecular formula is C15H21N3O2S. The highest BCUT2D eigenvalue weighted by molar-refractivity contribution is 7.09. The van der Waals surface area contributed by atoms with Gasteiger partial charge in [0, 0.05) is 43.9 Å². The second-order valence-corrected chi connectivity index (χ2v) is 6.99. The number of likely N-dealkylation sites (tertiary alicyclic amines) is 1. The maximum atomic E-state index is 12.5. The summed E-state index contributed by atoms with van der Waals surface area (Å²) in [5.41, 5.74) is 2.90. The minimum absolute atomic E-state index is 0.105. The SMILES string of the molecule is Cc1ncsc1CCN(C)C(=O)C1CC(=O)N(C2CC2)C1. The fraction of sp³-hybridized carbons (Fsp3) is 0.667. The molecule has 0 N–H and O–H groups in total. The van der Waals surface area contributed by atoms with Crippen molar-refractivity contribution in [1.82, 2.24) is 14.8 Å². The summed E-state index contributed by atoms with van der Waals surface area (Å²) in [6, 6.07) is 0.417. The van der Waals surface area contributed by atoms with Gasteiger partial charge in [0.1, 0.15) is 0 Å². The molecule has 0 aromatic carbocycles. The first kappa shape index (κ1) is 14.5. The van der Waals surface area contributed by atoms with Crippen molar-refractivity contribution in [1.29, 1.82) is 0 Å². The Labute approximate surface area is 129 Å². The summed E-state index contributed by atoms with van der Waals surface area (Å²) < 4.78 is 0. The van der Waals surface area contributed by atoms with Gasteiger partial charge in [-0.2, -0.15) is 0 Å². The molecule has 2 aliphatic rings. The molecule has 1 aliphatic heterocycles. The molecule has 2 fully saturated rings. The van der Waals surface area contributed by atoms with E-state index in [1.165, 1.54) is 4.88 Å². The first-order chi connectivity index (χ1) is 10.1. The van der Waals surface area contributed by atoms with Crippen molar-refractivity contribution in [3.05, 3.63) is 16.1 Å². The second kappa shape index (κ2) is 5.75. The van der Waals surface area contributed by atoms with Gasteiger partial charge >= 0.3 is 0 Å². The lowest BCUT2D eigenvalue weighted by molar-refractivity contribution is -0.134. The van der Waals surface area contributed by atoms with Crippen molar-refractivity contribution in [2.45, 2.75) is 38.6 Å². The van der Waals surface area contributed by atoms with E-state index in [9.17, 15) is 9.59 Å². The van der Waals surface area contributed by atoms with E-state index in [1.807, 2.05) is 24.4 Å². The van der Waals surface area contributed by atoms with E-state index in [0.29, 0.717) is 25.6 Å². The van der Waals surface area contributed by atoms with Crippen LogP contribution in [0.2, 0.25) is 0 Å². The Morgan fingerprint density at radius 1 is 1.52 bits per heavy atom. The normalized spacial score (nSPS) is 21.9. The van der Waals surface area contributed by atoms with Crippen LogP contribution in [0.15, 0.2) is 5.51 Å². The molecule has 1 saturated carbocycles. The minimum Gasteiger partial charge on any atom is -0.345 e. The van der Waals surface area contributed by atoms with Gasteiger partial charge in [0.15, 0.2) is 0 Å². The van der Waals surface area contributed by atoms with E-state index < -0.39 is 0 Å². The lowest BCUT2D eigenvalue weighted by atomic mass is 10.1. The molecular weight excluding hydrogens is 286 g/mol. The number of carbonyl (C=O) groups excluding carboxylic acids is 2. The molecule has 1 aromatic rings. The lowest BCUT2D eigenvalue weighted by Gasteiger charge is -2.21. The maximum absolute atomic E-state index is 12.5. The molecule has 5 nitrogen and oxygen atoms in total. The molecule has 1 atom stereocenters. The van der Waals surface area contributed by atoms with Gasteiger partial charge in [-0.25, -0.2) is 4.98 Å². The molecule has 0 radical (unpaired) electrons. The lowest BCUT2D eigenvalue weighted by Crippen LogP contribution is -2.36. The van der Waals surface area contributed by atoms with Crippen LogP contribution in [-0.4, -0.2) is 52.8 Å². The van der Waals surface area contributed by atoms with Gasteiger partial charge in [-0.05, 0) is 19.8 Å². The smallest absolute Gasteiger partial charge is 0.227 e. The van der Waals surface area contributed by atoms with Crippen molar-refractivity contribution in [2.75, 3.05) is 20.1 Å². The quantitative estimate of drug-likeness (QED) is 0.827.